The molecule has 0 bridgehead atoms. The number of aryl methyl sites for hydroxylation is 1. The summed E-state index contributed by atoms with van der Waals surface area (Å²) in [5, 5.41) is 26.9. The van der Waals surface area contributed by atoms with E-state index < -0.39 is 11.8 Å². The first-order valence-electron chi connectivity index (χ1n) is 11.6. The zero-order valence-corrected chi connectivity index (χ0v) is 21.5. The number of aromatic amines is 1. The van der Waals surface area contributed by atoms with E-state index in [0.717, 1.165) is 34.5 Å². The normalized spacial score (nSPS) is 14.9. The van der Waals surface area contributed by atoms with Gasteiger partial charge in [-0.05, 0) is 54.0 Å². The number of nitrogens with zero attached hydrogens (tertiary/aromatic N) is 6. The van der Waals surface area contributed by atoms with Crippen LogP contribution in [0.5, 0.6) is 0 Å². The van der Waals surface area contributed by atoms with E-state index in [4.69, 9.17) is 11.6 Å². The third-order valence-corrected chi connectivity index (χ3v) is 7.77. The van der Waals surface area contributed by atoms with E-state index in [9.17, 15) is 14.4 Å². The Morgan fingerprint density at radius 3 is 3.00 bits per heavy atom. The van der Waals surface area contributed by atoms with Crippen molar-refractivity contribution >= 4 is 28.9 Å². The second-order valence-corrected chi connectivity index (χ2v) is 10.1. The van der Waals surface area contributed by atoms with Crippen LogP contribution in [0, 0.1) is 11.0 Å². The van der Waals surface area contributed by atoms with Crippen LogP contribution in [-0.2, 0) is 11.2 Å². The molecule has 1 atom stereocenters. The Balaban J connectivity index is 1.38. The van der Waals surface area contributed by atoms with Crippen molar-refractivity contribution in [2.45, 2.75) is 25.2 Å². The average molecular weight is 552 g/mol. The number of halogens is 2. The number of esters is 1. The largest absolute Gasteiger partial charge is 0.618 e. The number of methoxy groups -OCH3 is 1. The molecule has 1 unspecified atom stereocenters. The van der Waals surface area contributed by atoms with Gasteiger partial charge in [0.05, 0.1) is 24.7 Å². The highest BCUT2D eigenvalue weighted by atomic mass is 35.5. The van der Waals surface area contributed by atoms with Crippen LogP contribution in [0.15, 0.2) is 48.4 Å². The van der Waals surface area contributed by atoms with Crippen LogP contribution >= 0.6 is 22.9 Å². The fraction of sp³-hybridized carbons (Fsp3) is 0.200. The number of imidazole rings is 1. The molecule has 10 nitrogen and oxygen atoms in total. The standard InChI is InChI=1S/C25H19ClFN7O3S/c1-37-25(35)23-21(27)18(11-38-23)19-9-28-24(30-19)16-4-2-3-13-7-14(10-34(36)22(13)16)17-8-15(26)5-6-20(17)33-12-29-31-32-33/h5-12,16H,2-4H2,1H3,(H,28,30). The lowest BCUT2D eigenvalue weighted by Crippen LogP contribution is -2.37. The third kappa shape index (κ3) is 4.11. The van der Waals surface area contributed by atoms with Gasteiger partial charge in [0, 0.05) is 32.7 Å². The monoisotopic (exact) mass is 551 g/mol. The Labute approximate surface area is 224 Å². The summed E-state index contributed by atoms with van der Waals surface area (Å²) in [5.41, 5.74) is 4.22. The lowest BCUT2D eigenvalue weighted by molar-refractivity contribution is -0.615. The summed E-state index contributed by atoms with van der Waals surface area (Å²) in [6.45, 7) is 0. The molecule has 13 heteroatoms. The van der Waals surface area contributed by atoms with Gasteiger partial charge in [0.25, 0.3) is 0 Å². The Morgan fingerprint density at radius 1 is 1.34 bits per heavy atom. The Morgan fingerprint density at radius 2 is 2.21 bits per heavy atom. The van der Waals surface area contributed by atoms with Gasteiger partial charge in [-0.25, -0.2) is 14.2 Å². The van der Waals surface area contributed by atoms with Crippen LogP contribution in [0.4, 0.5) is 4.39 Å². The number of hydrogen-bond acceptors (Lipinski definition) is 8. The Kier molecular flexibility index (Phi) is 6.12. The summed E-state index contributed by atoms with van der Waals surface area (Å²) >= 11 is 7.26. The summed E-state index contributed by atoms with van der Waals surface area (Å²) in [4.78, 5) is 19.4. The zero-order valence-electron chi connectivity index (χ0n) is 19.9. The van der Waals surface area contributed by atoms with Gasteiger partial charge in [-0.2, -0.15) is 9.41 Å². The second-order valence-electron chi connectivity index (χ2n) is 8.79. The number of pyridine rings is 1. The number of aromatic nitrogens is 7. The highest BCUT2D eigenvalue weighted by Gasteiger charge is 2.33. The van der Waals surface area contributed by atoms with Crippen LogP contribution in [-0.4, -0.2) is 43.3 Å². The predicted molar refractivity (Wildman–Crippen MR) is 137 cm³/mol. The Hall–Kier alpha value is -4.16. The molecule has 5 aromatic rings. The highest BCUT2D eigenvalue weighted by Crippen LogP contribution is 2.38. The number of hydrogen-bond donors (Lipinski definition) is 1. The molecule has 0 radical (unpaired) electrons. The lowest BCUT2D eigenvalue weighted by Gasteiger charge is -2.23. The van der Waals surface area contributed by atoms with Crippen LogP contribution in [0.2, 0.25) is 5.02 Å². The molecule has 1 N–H and O–H groups in total. The van der Waals surface area contributed by atoms with Crippen molar-refractivity contribution in [3.05, 3.63) is 86.4 Å². The maximum Gasteiger partial charge on any atom is 0.351 e. The quantitative estimate of drug-likeness (QED) is 0.194. The van der Waals surface area contributed by atoms with Crippen molar-refractivity contribution in [1.82, 2.24) is 30.2 Å². The first kappa shape index (κ1) is 24.2. The van der Waals surface area contributed by atoms with Gasteiger partial charge < -0.3 is 14.9 Å². The number of carbonyl (C=O) groups is 1. The molecule has 1 aliphatic rings. The van der Waals surface area contributed by atoms with E-state index in [2.05, 4.69) is 30.2 Å². The van der Waals surface area contributed by atoms with Gasteiger partial charge in [-0.1, -0.05) is 11.6 Å². The molecule has 0 amide bonds. The number of thiophene rings is 1. The highest BCUT2D eigenvalue weighted by molar-refractivity contribution is 7.12. The number of H-pyrrole nitrogens is 1. The smallest absolute Gasteiger partial charge is 0.351 e. The van der Waals surface area contributed by atoms with Crippen LogP contribution in [0.1, 0.15) is 45.5 Å². The number of nitrogens with one attached hydrogen (secondary N) is 1. The maximum absolute atomic E-state index is 14.9. The van der Waals surface area contributed by atoms with Gasteiger partial charge in [-0.15, -0.1) is 16.4 Å². The van der Waals surface area contributed by atoms with E-state index in [0.29, 0.717) is 45.5 Å². The molecule has 0 saturated carbocycles. The summed E-state index contributed by atoms with van der Waals surface area (Å²) in [6.07, 6.45) is 6.77. The lowest BCUT2D eigenvalue weighted by atomic mass is 9.85. The van der Waals surface area contributed by atoms with Crippen molar-refractivity contribution in [3.63, 3.8) is 0 Å². The predicted octanol–water partition coefficient (Wildman–Crippen LogP) is 4.46. The van der Waals surface area contributed by atoms with Crippen LogP contribution < -0.4 is 4.73 Å². The second kappa shape index (κ2) is 9.62. The molecule has 0 saturated heterocycles. The molecule has 0 aliphatic heterocycles. The summed E-state index contributed by atoms with van der Waals surface area (Å²) in [6, 6.07) is 7.30. The molecule has 192 valence electrons. The molecule has 38 heavy (non-hydrogen) atoms. The number of rotatable bonds is 5. The van der Waals surface area contributed by atoms with E-state index in [1.807, 2.05) is 6.07 Å². The summed E-state index contributed by atoms with van der Waals surface area (Å²) in [7, 11) is 1.21. The zero-order chi connectivity index (χ0) is 26.4. The van der Waals surface area contributed by atoms with Crippen molar-refractivity contribution < 1.29 is 18.7 Å². The maximum atomic E-state index is 14.9. The molecule has 6 rings (SSSR count). The minimum atomic E-state index is -0.731. The molecule has 0 spiro atoms. The fourth-order valence-corrected chi connectivity index (χ4v) is 5.91. The fourth-order valence-electron chi connectivity index (χ4n) is 4.88. The van der Waals surface area contributed by atoms with Crippen molar-refractivity contribution in [2.75, 3.05) is 7.11 Å². The van der Waals surface area contributed by atoms with Crippen molar-refractivity contribution in [1.29, 1.82) is 0 Å². The molecule has 4 aromatic heterocycles. The van der Waals surface area contributed by atoms with Crippen LogP contribution in [0.3, 0.4) is 0 Å². The minimum absolute atomic E-state index is 0.103. The SMILES string of the molecule is COC(=O)c1scc(-c2cnc(C3CCCc4cc(-c5cc(Cl)ccc5-n5cnnn5)c[n+]([O-])c43)[nH]2)c1F. The van der Waals surface area contributed by atoms with E-state index in [1.54, 1.807) is 23.6 Å². The van der Waals surface area contributed by atoms with Crippen molar-refractivity contribution in [2.24, 2.45) is 0 Å². The summed E-state index contributed by atoms with van der Waals surface area (Å²) in [5.74, 6) is -1.14. The number of fused-ring (bicyclic) bond motifs is 1. The van der Waals surface area contributed by atoms with Crippen LogP contribution in [0.25, 0.3) is 28.1 Å². The molecule has 0 fully saturated rings. The van der Waals surface area contributed by atoms with E-state index in [-0.39, 0.29) is 16.4 Å². The number of benzene rings is 1. The first-order valence-corrected chi connectivity index (χ1v) is 12.9. The number of carbonyl (C=O) groups excluding carboxylic acids is 1. The average Bonchev–Trinajstić information content (AvgIpc) is 3.69. The molecule has 1 aliphatic carbocycles. The molecule has 4 heterocycles. The van der Waals surface area contributed by atoms with Gasteiger partial charge >= 0.3 is 5.97 Å². The van der Waals surface area contributed by atoms with E-state index >= 15 is 0 Å². The van der Waals surface area contributed by atoms with Crippen molar-refractivity contribution in [3.8, 4) is 28.1 Å². The summed E-state index contributed by atoms with van der Waals surface area (Å²) < 4.78 is 21.9. The Bertz CT molecular complexity index is 1670. The molecular weight excluding hydrogens is 533 g/mol. The number of tetrazole rings is 1. The van der Waals surface area contributed by atoms with Gasteiger partial charge in [0.2, 0.25) is 5.69 Å². The topological polar surface area (TPSA) is 126 Å². The van der Waals surface area contributed by atoms with Gasteiger partial charge in [0.15, 0.2) is 12.0 Å². The van der Waals surface area contributed by atoms with Gasteiger partial charge in [0.1, 0.15) is 22.9 Å². The number of ether oxygens (including phenoxy) is 1. The van der Waals surface area contributed by atoms with Gasteiger partial charge in [-0.3, -0.25) is 0 Å². The molecule has 1 aromatic carbocycles. The minimum Gasteiger partial charge on any atom is -0.618 e. The van der Waals surface area contributed by atoms with E-state index in [1.165, 1.54) is 30.5 Å². The first-order chi connectivity index (χ1) is 18.4. The third-order valence-electron chi connectivity index (χ3n) is 6.60. The molecular formula is C25H19ClFN7O3S.